The molecular weight excluding hydrogens is 288 g/mol. The van der Waals surface area contributed by atoms with Crippen molar-refractivity contribution in [2.45, 2.75) is 31.1 Å². The number of carbonyl (C=O) groups excluding carboxylic acids is 1. The molecular formula is C15H22N2O3S. The predicted octanol–water partition coefficient (Wildman–Crippen LogP) is 0.592. The molecule has 0 aromatic heterocycles. The van der Waals surface area contributed by atoms with Crippen LogP contribution in [0.25, 0.3) is 0 Å². The molecule has 1 aliphatic heterocycles. The third-order valence-corrected chi connectivity index (χ3v) is 6.50. The second-order valence-corrected chi connectivity index (χ2v) is 8.88. The Balaban J connectivity index is 2.04. The Bertz CT molecular complexity index is 611. The Hall–Kier alpha value is -1.40. The largest absolute Gasteiger partial charge is 0.339 e. The molecule has 1 aromatic carbocycles. The average Bonchev–Trinajstić information content (AvgIpc) is 2.42. The highest BCUT2D eigenvalue weighted by Crippen LogP contribution is 2.24. The molecule has 6 heteroatoms. The third kappa shape index (κ3) is 3.44. The standard InChI is InChI=1S/C15H22N2O3S/c1-15(2)11-17(8-9-21(15,19)20)14(18)13(16)10-12-6-4-3-5-7-12/h3-7,13H,8-11,16H2,1-2H3/t13-/m0/s1. The van der Waals surface area contributed by atoms with E-state index in [-0.39, 0.29) is 24.7 Å². The van der Waals surface area contributed by atoms with E-state index in [1.54, 1.807) is 18.7 Å². The number of carbonyl (C=O) groups is 1. The minimum absolute atomic E-state index is 0.00377. The van der Waals surface area contributed by atoms with Gasteiger partial charge in [0.2, 0.25) is 5.91 Å². The highest BCUT2D eigenvalue weighted by Gasteiger charge is 2.42. The van der Waals surface area contributed by atoms with Gasteiger partial charge in [-0.2, -0.15) is 0 Å². The van der Waals surface area contributed by atoms with E-state index in [0.717, 1.165) is 5.56 Å². The summed E-state index contributed by atoms with van der Waals surface area (Å²) >= 11 is 0. The molecule has 5 nitrogen and oxygen atoms in total. The number of nitrogens with two attached hydrogens (primary N) is 1. The molecule has 1 aliphatic rings. The van der Waals surface area contributed by atoms with Crippen molar-refractivity contribution in [2.24, 2.45) is 5.73 Å². The molecule has 0 unspecified atom stereocenters. The fourth-order valence-electron chi connectivity index (χ4n) is 2.52. The van der Waals surface area contributed by atoms with Gasteiger partial charge in [-0.25, -0.2) is 8.42 Å². The fourth-order valence-corrected chi connectivity index (χ4v) is 3.89. The molecule has 1 saturated heterocycles. The Morgan fingerprint density at radius 2 is 1.95 bits per heavy atom. The van der Waals surface area contributed by atoms with Gasteiger partial charge in [0.1, 0.15) is 0 Å². The summed E-state index contributed by atoms with van der Waals surface area (Å²) in [6, 6.07) is 8.94. The van der Waals surface area contributed by atoms with Crippen molar-refractivity contribution in [2.75, 3.05) is 18.8 Å². The highest BCUT2D eigenvalue weighted by atomic mass is 32.2. The van der Waals surface area contributed by atoms with Gasteiger partial charge in [0.05, 0.1) is 16.5 Å². The highest BCUT2D eigenvalue weighted by molar-refractivity contribution is 7.92. The first-order valence-electron chi connectivity index (χ1n) is 7.03. The van der Waals surface area contributed by atoms with Crippen LogP contribution in [0.1, 0.15) is 19.4 Å². The maximum atomic E-state index is 12.4. The third-order valence-electron chi connectivity index (χ3n) is 3.97. The molecule has 1 fully saturated rings. The summed E-state index contributed by atoms with van der Waals surface area (Å²) in [6.45, 7) is 3.75. The monoisotopic (exact) mass is 310 g/mol. The summed E-state index contributed by atoms with van der Waals surface area (Å²) in [5.41, 5.74) is 7.00. The van der Waals surface area contributed by atoms with Gasteiger partial charge in [0, 0.05) is 13.1 Å². The molecule has 1 amide bonds. The van der Waals surface area contributed by atoms with Crippen LogP contribution in [0.15, 0.2) is 30.3 Å². The van der Waals surface area contributed by atoms with Crippen molar-refractivity contribution in [1.82, 2.24) is 4.90 Å². The lowest BCUT2D eigenvalue weighted by atomic mass is 10.0. The zero-order chi connectivity index (χ0) is 15.7. The Kier molecular flexibility index (Phi) is 4.39. The molecule has 1 atom stereocenters. The molecule has 1 aromatic rings. The summed E-state index contributed by atoms with van der Waals surface area (Å²) < 4.78 is 23.0. The summed E-state index contributed by atoms with van der Waals surface area (Å²) in [7, 11) is -3.15. The Morgan fingerprint density at radius 3 is 2.52 bits per heavy atom. The van der Waals surface area contributed by atoms with Crippen molar-refractivity contribution < 1.29 is 13.2 Å². The predicted molar refractivity (Wildman–Crippen MR) is 82.6 cm³/mol. The van der Waals surface area contributed by atoms with Crippen LogP contribution < -0.4 is 5.73 Å². The lowest BCUT2D eigenvalue weighted by molar-refractivity contribution is -0.132. The van der Waals surface area contributed by atoms with Gasteiger partial charge in [-0.05, 0) is 25.8 Å². The number of amides is 1. The number of benzene rings is 1. The number of hydrogen-bond acceptors (Lipinski definition) is 4. The second kappa shape index (κ2) is 5.77. The van der Waals surface area contributed by atoms with Crippen LogP contribution in [-0.2, 0) is 21.1 Å². The summed E-state index contributed by atoms with van der Waals surface area (Å²) in [6.07, 6.45) is 0.462. The molecule has 0 saturated carbocycles. The average molecular weight is 310 g/mol. The first kappa shape index (κ1) is 16.0. The van der Waals surface area contributed by atoms with Gasteiger partial charge < -0.3 is 10.6 Å². The van der Waals surface area contributed by atoms with E-state index in [1.165, 1.54) is 0 Å². The van der Waals surface area contributed by atoms with E-state index in [1.807, 2.05) is 30.3 Å². The topological polar surface area (TPSA) is 80.5 Å². The quantitative estimate of drug-likeness (QED) is 0.886. The molecule has 0 aliphatic carbocycles. The smallest absolute Gasteiger partial charge is 0.239 e. The normalized spacial score (nSPS) is 21.8. The minimum Gasteiger partial charge on any atom is -0.339 e. The SMILES string of the molecule is CC1(C)CN(C(=O)[C@@H](N)Cc2ccccc2)CCS1(=O)=O. The Morgan fingerprint density at radius 1 is 1.33 bits per heavy atom. The first-order chi connectivity index (χ1) is 9.73. The summed E-state index contributed by atoms with van der Waals surface area (Å²) in [4.78, 5) is 14.0. The molecule has 0 radical (unpaired) electrons. The second-order valence-electron chi connectivity index (χ2n) is 6.13. The van der Waals surface area contributed by atoms with Crippen LogP contribution in [0, 0.1) is 0 Å². The van der Waals surface area contributed by atoms with Gasteiger partial charge in [-0.1, -0.05) is 30.3 Å². The van der Waals surface area contributed by atoms with Gasteiger partial charge >= 0.3 is 0 Å². The van der Waals surface area contributed by atoms with E-state index in [0.29, 0.717) is 6.42 Å². The van der Waals surface area contributed by atoms with Gasteiger partial charge in [0.15, 0.2) is 9.84 Å². The van der Waals surface area contributed by atoms with Crippen molar-refractivity contribution in [3.05, 3.63) is 35.9 Å². The molecule has 116 valence electrons. The summed E-state index contributed by atoms with van der Waals surface area (Å²) in [5.74, 6) is -0.175. The zero-order valence-corrected chi connectivity index (χ0v) is 13.3. The molecule has 0 spiro atoms. The maximum Gasteiger partial charge on any atom is 0.239 e. The van der Waals surface area contributed by atoms with E-state index < -0.39 is 20.6 Å². The molecule has 21 heavy (non-hydrogen) atoms. The van der Waals surface area contributed by atoms with E-state index in [2.05, 4.69) is 0 Å². The fraction of sp³-hybridized carbons (Fsp3) is 0.533. The van der Waals surface area contributed by atoms with Crippen molar-refractivity contribution in [1.29, 1.82) is 0 Å². The van der Waals surface area contributed by atoms with Crippen LogP contribution >= 0.6 is 0 Å². The van der Waals surface area contributed by atoms with Crippen LogP contribution in [0.3, 0.4) is 0 Å². The number of sulfone groups is 1. The minimum atomic E-state index is -3.15. The number of nitrogens with zero attached hydrogens (tertiary/aromatic N) is 1. The van der Waals surface area contributed by atoms with Crippen LogP contribution in [0.5, 0.6) is 0 Å². The first-order valence-corrected chi connectivity index (χ1v) is 8.69. The molecule has 2 rings (SSSR count). The van der Waals surface area contributed by atoms with E-state index in [4.69, 9.17) is 5.73 Å². The van der Waals surface area contributed by atoms with Crippen molar-refractivity contribution in [3.8, 4) is 0 Å². The van der Waals surface area contributed by atoms with Crippen LogP contribution in [-0.4, -0.2) is 48.9 Å². The van der Waals surface area contributed by atoms with Crippen molar-refractivity contribution >= 4 is 15.7 Å². The van der Waals surface area contributed by atoms with Crippen LogP contribution in [0.4, 0.5) is 0 Å². The molecule has 2 N–H and O–H groups in total. The zero-order valence-electron chi connectivity index (χ0n) is 12.5. The van der Waals surface area contributed by atoms with E-state index in [9.17, 15) is 13.2 Å². The maximum absolute atomic E-state index is 12.4. The number of hydrogen-bond donors (Lipinski definition) is 1. The van der Waals surface area contributed by atoms with Gasteiger partial charge in [-0.3, -0.25) is 4.79 Å². The van der Waals surface area contributed by atoms with Crippen molar-refractivity contribution in [3.63, 3.8) is 0 Å². The lowest BCUT2D eigenvalue weighted by Gasteiger charge is -2.38. The molecule has 1 heterocycles. The molecule has 0 bridgehead atoms. The van der Waals surface area contributed by atoms with Gasteiger partial charge in [0.25, 0.3) is 0 Å². The Labute approximate surface area is 126 Å². The summed E-state index contributed by atoms with van der Waals surface area (Å²) in [5, 5.41) is 0. The van der Waals surface area contributed by atoms with Gasteiger partial charge in [-0.15, -0.1) is 0 Å². The lowest BCUT2D eigenvalue weighted by Crippen LogP contribution is -2.57. The number of rotatable bonds is 3. The van der Waals surface area contributed by atoms with E-state index >= 15 is 0 Å². The van der Waals surface area contributed by atoms with Crippen LogP contribution in [0.2, 0.25) is 0 Å².